The van der Waals surface area contributed by atoms with Crippen molar-refractivity contribution in [2.24, 2.45) is 0 Å². The van der Waals surface area contributed by atoms with Crippen LogP contribution in [0.15, 0.2) is 24.3 Å². The van der Waals surface area contributed by atoms with Gasteiger partial charge in [-0.15, -0.1) is 0 Å². The Bertz CT molecular complexity index is 766. The number of hydrogen-bond acceptors (Lipinski definition) is 6. The molecular weight excluding hydrogens is 337 g/mol. The number of nitrogens with one attached hydrogen (secondary N) is 1. The van der Waals surface area contributed by atoms with Crippen molar-refractivity contribution >= 4 is 11.8 Å². The first-order chi connectivity index (χ1) is 11.8. The van der Waals surface area contributed by atoms with Crippen LogP contribution in [0.25, 0.3) is 0 Å². The molecule has 3 rings (SSSR count). The van der Waals surface area contributed by atoms with E-state index in [2.05, 4.69) is 15.3 Å². The first kappa shape index (κ1) is 17.1. The molecule has 1 aliphatic heterocycles. The quantitative estimate of drug-likeness (QED) is 0.911. The van der Waals surface area contributed by atoms with Crippen molar-refractivity contribution in [1.29, 1.82) is 0 Å². The lowest BCUT2D eigenvalue weighted by Gasteiger charge is -2.19. The summed E-state index contributed by atoms with van der Waals surface area (Å²) < 4.78 is 49.9. The Hall–Kier alpha value is -2.71. The van der Waals surface area contributed by atoms with Crippen LogP contribution >= 0.6 is 0 Å². The van der Waals surface area contributed by atoms with Crippen LogP contribution in [0, 0.1) is 0 Å². The predicted molar refractivity (Wildman–Crippen MR) is 86.1 cm³/mol. The van der Waals surface area contributed by atoms with Crippen LogP contribution in [-0.4, -0.2) is 37.3 Å². The predicted octanol–water partition coefficient (Wildman–Crippen LogP) is 2.94. The van der Waals surface area contributed by atoms with Crippen molar-refractivity contribution in [3.05, 3.63) is 35.5 Å². The van der Waals surface area contributed by atoms with E-state index in [4.69, 9.17) is 9.47 Å². The number of aromatic nitrogens is 2. The summed E-state index contributed by atoms with van der Waals surface area (Å²) >= 11 is 0. The number of benzene rings is 1. The molecule has 0 aliphatic carbocycles. The number of nitrogens with zero attached hydrogens (tertiary/aromatic N) is 3. The second kappa shape index (κ2) is 6.66. The van der Waals surface area contributed by atoms with E-state index in [0.29, 0.717) is 24.7 Å². The van der Waals surface area contributed by atoms with Crippen molar-refractivity contribution in [3.8, 4) is 11.5 Å². The molecule has 0 bridgehead atoms. The second-order valence-electron chi connectivity index (χ2n) is 5.66. The van der Waals surface area contributed by atoms with Gasteiger partial charge in [0.15, 0.2) is 17.2 Å². The van der Waals surface area contributed by atoms with Crippen LogP contribution in [0.2, 0.25) is 0 Å². The summed E-state index contributed by atoms with van der Waals surface area (Å²) in [7, 11) is 3.24. The maximum atomic E-state index is 13.0. The van der Waals surface area contributed by atoms with Gasteiger partial charge in [0, 0.05) is 26.7 Å². The maximum Gasteiger partial charge on any atom is 0.433 e. The normalized spacial score (nSPS) is 13.5. The fraction of sp³-hybridized carbons (Fsp3) is 0.375. The molecule has 25 heavy (non-hydrogen) atoms. The third-order valence-corrected chi connectivity index (χ3v) is 3.52. The zero-order valence-corrected chi connectivity index (χ0v) is 13.7. The van der Waals surface area contributed by atoms with E-state index < -0.39 is 11.9 Å². The van der Waals surface area contributed by atoms with E-state index >= 15 is 0 Å². The first-order valence-electron chi connectivity index (χ1n) is 7.59. The smallest absolute Gasteiger partial charge is 0.433 e. The number of anilines is 2. The number of rotatable bonds is 4. The third kappa shape index (κ3) is 4.04. The van der Waals surface area contributed by atoms with Gasteiger partial charge in [0.05, 0.1) is 0 Å². The van der Waals surface area contributed by atoms with Crippen molar-refractivity contribution < 1.29 is 22.6 Å². The largest absolute Gasteiger partial charge is 0.486 e. The van der Waals surface area contributed by atoms with Gasteiger partial charge in [-0.3, -0.25) is 0 Å². The van der Waals surface area contributed by atoms with Crippen LogP contribution in [0.5, 0.6) is 11.5 Å². The number of halogens is 3. The third-order valence-electron chi connectivity index (χ3n) is 3.52. The first-order valence-corrected chi connectivity index (χ1v) is 7.59. The Morgan fingerprint density at radius 3 is 2.48 bits per heavy atom. The maximum absolute atomic E-state index is 13.0. The minimum Gasteiger partial charge on any atom is -0.486 e. The SMILES string of the molecule is CN(C)c1cc(C(F)(F)F)nc(NCc2ccc3c(c2)OCCO3)n1. The topological polar surface area (TPSA) is 59.5 Å². The summed E-state index contributed by atoms with van der Waals surface area (Å²) in [6.07, 6.45) is -4.54. The van der Waals surface area contributed by atoms with E-state index in [0.717, 1.165) is 11.6 Å². The van der Waals surface area contributed by atoms with Gasteiger partial charge in [-0.1, -0.05) is 6.07 Å². The molecule has 0 unspecified atom stereocenters. The molecular formula is C16H17F3N4O2. The van der Waals surface area contributed by atoms with E-state index in [1.54, 1.807) is 32.3 Å². The highest BCUT2D eigenvalue weighted by Gasteiger charge is 2.34. The fourth-order valence-corrected chi connectivity index (χ4v) is 2.27. The van der Waals surface area contributed by atoms with E-state index in [1.165, 1.54) is 4.90 Å². The van der Waals surface area contributed by atoms with E-state index in [-0.39, 0.29) is 18.3 Å². The number of ether oxygens (including phenoxy) is 2. The average molecular weight is 354 g/mol. The molecule has 0 fully saturated rings. The van der Waals surface area contributed by atoms with E-state index in [1.807, 2.05) is 0 Å². The van der Waals surface area contributed by atoms with Crippen molar-refractivity contribution in [3.63, 3.8) is 0 Å². The van der Waals surface area contributed by atoms with Crippen molar-refractivity contribution in [2.45, 2.75) is 12.7 Å². The fourth-order valence-electron chi connectivity index (χ4n) is 2.27. The summed E-state index contributed by atoms with van der Waals surface area (Å²) in [4.78, 5) is 9.15. The van der Waals surface area contributed by atoms with E-state index in [9.17, 15) is 13.2 Å². The van der Waals surface area contributed by atoms with Crippen LogP contribution in [-0.2, 0) is 12.7 Å². The van der Waals surface area contributed by atoms with Crippen LogP contribution in [0.3, 0.4) is 0 Å². The van der Waals surface area contributed by atoms with Crippen LogP contribution in [0.1, 0.15) is 11.3 Å². The molecule has 0 saturated carbocycles. The van der Waals surface area contributed by atoms with Gasteiger partial charge in [0.1, 0.15) is 19.0 Å². The number of alkyl halides is 3. The highest BCUT2D eigenvalue weighted by atomic mass is 19.4. The molecule has 1 aromatic carbocycles. The standard InChI is InChI=1S/C16H17F3N4O2/c1-23(2)14-8-13(16(17,18)19)21-15(22-14)20-9-10-3-4-11-12(7-10)25-6-5-24-11/h3-4,7-8H,5-6,9H2,1-2H3,(H,20,21,22). The molecule has 1 N–H and O–H groups in total. The Morgan fingerprint density at radius 2 is 1.80 bits per heavy atom. The molecule has 9 heteroatoms. The lowest BCUT2D eigenvalue weighted by Crippen LogP contribution is -2.18. The Balaban J connectivity index is 1.79. The molecule has 1 aliphatic rings. The molecule has 0 saturated heterocycles. The molecule has 1 aromatic heterocycles. The Kier molecular flexibility index (Phi) is 4.56. The lowest BCUT2D eigenvalue weighted by molar-refractivity contribution is -0.141. The number of hydrogen-bond donors (Lipinski definition) is 1. The summed E-state index contributed by atoms with van der Waals surface area (Å²) in [6, 6.07) is 6.27. The zero-order valence-electron chi connectivity index (χ0n) is 13.7. The van der Waals surface area contributed by atoms with Crippen LogP contribution < -0.4 is 19.7 Å². The minimum absolute atomic E-state index is 0.0894. The molecule has 0 atom stereocenters. The monoisotopic (exact) mass is 354 g/mol. The summed E-state index contributed by atoms with van der Waals surface area (Å²) in [5, 5.41) is 2.83. The highest BCUT2D eigenvalue weighted by Crippen LogP contribution is 2.32. The molecule has 0 amide bonds. The minimum atomic E-state index is -4.54. The molecule has 0 radical (unpaired) electrons. The lowest BCUT2D eigenvalue weighted by atomic mass is 10.2. The van der Waals surface area contributed by atoms with Gasteiger partial charge in [-0.25, -0.2) is 4.98 Å². The summed E-state index contributed by atoms with van der Waals surface area (Å²) in [5.74, 6) is 1.35. The summed E-state index contributed by atoms with van der Waals surface area (Å²) in [6.45, 7) is 1.22. The molecule has 6 nitrogen and oxygen atoms in total. The zero-order chi connectivity index (χ0) is 18.0. The van der Waals surface area contributed by atoms with Gasteiger partial charge in [-0.2, -0.15) is 18.2 Å². The highest BCUT2D eigenvalue weighted by molar-refractivity contribution is 5.46. The van der Waals surface area contributed by atoms with Gasteiger partial charge < -0.3 is 19.7 Å². The molecule has 134 valence electrons. The number of fused-ring (bicyclic) bond motifs is 1. The Labute approximate surface area is 142 Å². The summed E-state index contributed by atoms with van der Waals surface area (Å²) in [5.41, 5.74) is -0.174. The average Bonchev–Trinajstić information content (AvgIpc) is 2.58. The second-order valence-corrected chi connectivity index (χ2v) is 5.66. The Morgan fingerprint density at radius 1 is 1.08 bits per heavy atom. The van der Waals surface area contributed by atoms with Gasteiger partial charge in [0.25, 0.3) is 0 Å². The van der Waals surface area contributed by atoms with Crippen molar-refractivity contribution in [1.82, 2.24) is 9.97 Å². The van der Waals surface area contributed by atoms with Gasteiger partial charge in [-0.05, 0) is 17.7 Å². The van der Waals surface area contributed by atoms with Crippen molar-refractivity contribution in [2.75, 3.05) is 37.5 Å². The molecule has 2 heterocycles. The van der Waals surface area contributed by atoms with Gasteiger partial charge in [0.2, 0.25) is 5.95 Å². The van der Waals surface area contributed by atoms with Crippen LogP contribution in [0.4, 0.5) is 24.9 Å². The molecule has 2 aromatic rings. The molecule has 0 spiro atoms. The van der Waals surface area contributed by atoms with Gasteiger partial charge >= 0.3 is 6.18 Å².